The zero-order chi connectivity index (χ0) is 19.9. The fraction of sp³-hybridized carbons (Fsp3) is 0.696. The molecule has 150 valence electrons. The average Bonchev–Trinajstić information content (AvgIpc) is 2.81. The van der Waals surface area contributed by atoms with Crippen molar-refractivity contribution in [1.29, 1.82) is 0 Å². The molecule has 0 saturated heterocycles. The van der Waals surface area contributed by atoms with Crippen LogP contribution in [-0.4, -0.2) is 41.6 Å². The summed E-state index contributed by atoms with van der Waals surface area (Å²) in [5.41, 5.74) is 4.67. The van der Waals surface area contributed by atoms with Gasteiger partial charge in [-0.1, -0.05) is 40.7 Å². The van der Waals surface area contributed by atoms with Crippen molar-refractivity contribution in [2.45, 2.75) is 65.7 Å². The molecule has 0 aromatic carbocycles. The van der Waals surface area contributed by atoms with Gasteiger partial charge in [0.1, 0.15) is 0 Å². The van der Waals surface area contributed by atoms with Crippen LogP contribution in [0.5, 0.6) is 0 Å². The third-order valence-corrected chi connectivity index (χ3v) is 7.90. The summed E-state index contributed by atoms with van der Waals surface area (Å²) >= 11 is 1.98. The van der Waals surface area contributed by atoms with Crippen molar-refractivity contribution in [2.75, 3.05) is 19.4 Å². The maximum atomic E-state index is 12.5. The minimum absolute atomic E-state index is 0.0266. The molecule has 0 N–H and O–H groups in total. The Bertz CT molecular complexity index is 705. The average molecular weight is 390 g/mol. The van der Waals surface area contributed by atoms with E-state index in [-0.39, 0.29) is 17.4 Å². The molecule has 1 aliphatic heterocycles. The molecule has 1 heterocycles. The number of ether oxygens (including phenoxy) is 1. The quantitative estimate of drug-likeness (QED) is 0.625. The molecular weight excluding hydrogens is 354 g/mol. The van der Waals surface area contributed by atoms with Gasteiger partial charge in [0.25, 0.3) is 5.91 Å². The Kier molecular flexibility index (Phi) is 5.98. The molecule has 0 spiro atoms. The summed E-state index contributed by atoms with van der Waals surface area (Å²) in [7, 11) is 1.90. The zero-order valence-electron chi connectivity index (χ0n) is 18.0. The SMILES string of the molecule is CCS[C@@H]1C=C2C=C3C(=C(C)C(=O)N3C)C[C@]2(C)[C@@H](C)[C@H]1OCCC(C)C. The second-order valence-corrected chi connectivity index (χ2v) is 10.4. The maximum Gasteiger partial charge on any atom is 0.254 e. The zero-order valence-corrected chi connectivity index (χ0v) is 18.8. The van der Waals surface area contributed by atoms with Crippen LogP contribution in [0.25, 0.3) is 0 Å². The molecule has 0 aromatic rings. The Morgan fingerprint density at radius 3 is 2.74 bits per heavy atom. The van der Waals surface area contributed by atoms with Crippen molar-refractivity contribution < 1.29 is 9.53 Å². The van der Waals surface area contributed by atoms with E-state index in [9.17, 15) is 4.79 Å². The molecule has 0 bridgehead atoms. The smallest absolute Gasteiger partial charge is 0.254 e. The first kappa shape index (κ1) is 20.7. The number of likely N-dealkylation sites (N-methyl/N-ethyl adjacent to an activating group) is 1. The Morgan fingerprint density at radius 2 is 2.11 bits per heavy atom. The number of hydrogen-bond acceptors (Lipinski definition) is 3. The first-order chi connectivity index (χ1) is 12.7. The Morgan fingerprint density at radius 1 is 1.41 bits per heavy atom. The van der Waals surface area contributed by atoms with Crippen molar-refractivity contribution in [1.82, 2.24) is 4.90 Å². The molecular formula is C23H35NO2S. The van der Waals surface area contributed by atoms with Crippen LogP contribution in [-0.2, 0) is 9.53 Å². The van der Waals surface area contributed by atoms with E-state index in [4.69, 9.17) is 4.74 Å². The molecule has 27 heavy (non-hydrogen) atoms. The highest BCUT2D eigenvalue weighted by atomic mass is 32.2. The number of hydrogen-bond donors (Lipinski definition) is 0. The lowest BCUT2D eigenvalue weighted by Gasteiger charge is -2.49. The standard InChI is InChI=1S/C23H35NO2S/c1-8-27-20-12-17-11-19-18(15(4)22(25)24(19)7)13-23(17,6)16(5)21(20)26-10-9-14(2)3/h11-12,14,16,20-21H,8-10,13H2,1-7H3/t16-,20+,21+,23+/m0/s1. The number of carbonyl (C=O) groups is 1. The molecule has 0 unspecified atom stereocenters. The van der Waals surface area contributed by atoms with Crippen LogP contribution in [0.4, 0.5) is 0 Å². The van der Waals surface area contributed by atoms with Gasteiger partial charge < -0.3 is 9.64 Å². The summed E-state index contributed by atoms with van der Waals surface area (Å²) in [6, 6.07) is 0. The van der Waals surface area contributed by atoms with Gasteiger partial charge in [0.05, 0.1) is 6.10 Å². The summed E-state index contributed by atoms with van der Waals surface area (Å²) in [5.74, 6) is 2.31. The van der Waals surface area contributed by atoms with Crippen LogP contribution < -0.4 is 0 Å². The lowest BCUT2D eigenvalue weighted by molar-refractivity contribution is -0.123. The molecule has 4 atom stereocenters. The molecule has 3 nitrogen and oxygen atoms in total. The van der Waals surface area contributed by atoms with Gasteiger partial charge in [-0.3, -0.25) is 4.79 Å². The predicted octanol–water partition coefficient (Wildman–Crippen LogP) is 5.20. The Balaban J connectivity index is 1.97. The molecule has 1 amide bonds. The fourth-order valence-electron chi connectivity index (χ4n) is 4.67. The van der Waals surface area contributed by atoms with E-state index in [1.807, 2.05) is 30.6 Å². The Hall–Kier alpha value is -1.00. The molecule has 3 rings (SSSR count). The van der Waals surface area contributed by atoms with Crippen LogP contribution in [0.3, 0.4) is 0 Å². The number of fused-ring (bicyclic) bond motifs is 2. The lowest BCUT2D eigenvalue weighted by atomic mass is 9.60. The molecule has 4 heteroatoms. The largest absolute Gasteiger partial charge is 0.376 e. The second kappa shape index (κ2) is 7.79. The van der Waals surface area contributed by atoms with Crippen molar-refractivity contribution in [2.24, 2.45) is 17.3 Å². The van der Waals surface area contributed by atoms with E-state index in [2.05, 4.69) is 46.8 Å². The van der Waals surface area contributed by atoms with E-state index in [1.165, 1.54) is 11.1 Å². The highest BCUT2D eigenvalue weighted by molar-refractivity contribution is 8.00. The van der Waals surface area contributed by atoms with Gasteiger partial charge in [-0.05, 0) is 54.6 Å². The van der Waals surface area contributed by atoms with Crippen LogP contribution in [0.2, 0.25) is 0 Å². The number of amides is 1. The van der Waals surface area contributed by atoms with E-state index in [0.717, 1.165) is 36.5 Å². The first-order valence-corrected chi connectivity index (χ1v) is 11.4. The summed E-state index contributed by atoms with van der Waals surface area (Å²) in [4.78, 5) is 14.3. The molecule has 3 aliphatic rings. The summed E-state index contributed by atoms with van der Waals surface area (Å²) < 4.78 is 6.49. The van der Waals surface area contributed by atoms with Gasteiger partial charge in [-0.2, -0.15) is 11.8 Å². The van der Waals surface area contributed by atoms with Crippen LogP contribution in [0.15, 0.2) is 34.6 Å². The number of rotatable bonds is 6. The number of thioether (sulfide) groups is 1. The summed E-state index contributed by atoms with van der Waals surface area (Å²) in [6.07, 6.45) is 6.98. The van der Waals surface area contributed by atoms with E-state index < -0.39 is 0 Å². The van der Waals surface area contributed by atoms with E-state index in [0.29, 0.717) is 17.1 Å². The minimum Gasteiger partial charge on any atom is -0.376 e. The van der Waals surface area contributed by atoms with Gasteiger partial charge in [-0.25, -0.2) is 0 Å². The monoisotopic (exact) mass is 389 g/mol. The topological polar surface area (TPSA) is 29.5 Å². The molecule has 0 fully saturated rings. The van der Waals surface area contributed by atoms with Crippen LogP contribution >= 0.6 is 11.8 Å². The molecule has 0 radical (unpaired) electrons. The van der Waals surface area contributed by atoms with Crippen molar-refractivity contribution >= 4 is 17.7 Å². The summed E-state index contributed by atoms with van der Waals surface area (Å²) in [6.45, 7) is 14.3. The summed E-state index contributed by atoms with van der Waals surface area (Å²) in [5, 5.41) is 0.381. The van der Waals surface area contributed by atoms with Gasteiger partial charge in [0, 0.05) is 35.6 Å². The van der Waals surface area contributed by atoms with Crippen molar-refractivity contribution in [3.8, 4) is 0 Å². The fourth-order valence-corrected chi connectivity index (χ4v) is 5.80. The first-order valence-electron chi connectivity index (χ1n) is 10.4. The van der Waals surface area contributed by atoms with Crippen LogP contribution in [0.1, 0.15) is 54.4 Å². The minimum atomic E-state index is 0.0266. The third kappa shape index (κ3) is 3.55. The predicted molar refractivity (Wildman–Crippen MR) is 115 cm³/mol. The molecule has 0 aromatic heterocycles. The highest BCUT2D eigenvalue weighted by Crippen LogP contribution is 2.55. The van der Waals surface area contributed by atoms with Gasteiger partial charge in [0.15, 0.2) is 0 Å². The molecule has 0 saturated carbocycles. The van der Waals surface area contributed by atoms with Gasteiger partial charge >= 0.3 is 0 Å². The lowest BCUT2D eigenvalue weighted by Crippen LogP contribution is -2.47. The second-order valence-electron chi connectivity index (χ2n) is 8.94. The number of carbonyl (C=O) groups excluding carboxylic acids is 1. The maximum absolute atomic E-state index is 12.5. The third-order valence-electron chi connectivity index (χ3n) is 6.77. The van der Waals surface area contributed by atoms with Crippen molar-refractivity contribution in [3.05, 3.63) is 34.6 Å². The van der Waals surface area contributed by atoms with Gasteiger partial charge in [-0.15, -0.1) is 0 Å². The normalized spacial score (nSPS) is 33.3. The highest BCUT2D eigenvalue weighted by Gasteiger charge is 2.50. The number of nitrogens with zero attached hydrogens (tertiary/aromatic N) is 1. The Labute approximate surface area is 169 Å². The van der Waals surface area contributed by atoms with Gasteiger partial charge in [0.2, 0.25) is 0 Å². The number of allylic oxidation sites excluding steroid dienone is 3. The van der Waals surface area contributed by atoms with E-state index >= 15 is 0 Å². The van der Waals surface area contributed by atoms with E-state index in [1.54, 1.807) is 0 Å². The van der Waals surface area contributed by atoms with Crippen LogP contribution in [0, 0.1) is 17.3 Å². The molecule has 2 aliphatic carbocycles. The van der Waals surface area contributed by atoms with Crippen molar-refractivity contribution in [3.63, 3.8) is 0 Å².